The van der Waals surface area contributed by atoms with Gasteiger partial charge in [-0.3, -0.25) is 0 Å². The molecule has 0 aromatic heterocycles. The molecular formula is C29H27N. The van der Waals surface area contributed by atoms with Gasteiger partial charge in [-0.1, -0.05) is 90.0 Å². The van der Waals surface area contributed by atoms with E-state index < -0.39 is 0 Å². The van der Waals surface area contributed by atoms with Crippen molar-refractivity contribution in [3.63, 3.8) is 0 Å². The van der Waals surface area contributed by atoms with E-state index in [-0.39, 0.29) is 0 Å². The second-order valence-electron chi connectivity index (χ2n) is 7.69. The van der Waals surface area contributed by atoms with Crippen molar-refractivity contribution in [3.8, 4) is 0 Å². The summed E-state index contributed by atoms with van der Waals surface area (Å²) in [6.07, 6.45) is 5.32. The smallest absolute Gasteiger partial charge is 0.0461 e. The lowest BCUT2D eigenvalue weighted by molar-refractivity contribution is 1.24. The highest BCUT2D eigenvalue weighted by atomic mass is 15.1. The van der Waals surface area contributed by atoms with E-state index in [9.17, 15) is 0 Å². The Morgan fingerprint density at radius 3 is 1.53 bits per heavy atom. The van der Waals surface area contributed by atoms with E-state index in [4.69, 9.17) is 0 Å². The van der Waals surface area contributed by atoms with E-state index in [1.165, 1.54) is 39.3 Å². The van der Waals surface area contributed by atoms with Crippen LogP contribution in [0, 0.1) is 13.8 Å². The third-order valence-corrected chi connectivity index (χ3v) is 5.24. The first-order valence-corrected chi connectivity index (χ1v) is 10.4. The molecule has 0 amide bonds. The third-order valence-electron chi connectivity index (χ3n) is 5.24. The van der Waals surface area contributed by atoms with Crippen LogP contribution >= 0.6 is 0 Å². The molecule has 30 heavy (non-hydrogen) atoms. The Balaban J connectivity index is 1.58. The molecule has 0 saturated heterocycles. The molecule has 0 fully saturated rings. The summed E-state index contributed by atoms with van der Waals surface area (Å²) in [4.78, 5) is 2.31. The minimum Gasteiger partial charge on any atom is -0.311 e. The molecule has 0 saturated carbocycles. The lowest BCUT2D eigenvalue weighted by atomic mass is 10.1. The lowest BCUT2D eigenvalue weighted by Crippen LogP contribution is -2.09. The number of nitrogens with zero attached hydrogens (tertiary/aromatic N) is 1. The van der Waals surface area contributed by atoms with Gasteiger partial charge in [-0.05, 0) is 67.8 Å². The van der Waals surface area contributed by atoms with Gasteiger partial charge in [0.1, 0.15) is 0 Å². The Labute approximate surface area is 179 Å². The van der Waals surface area contributed by atoms with Crippen molar-refractivity contribution in [3.05, 3.63) is 131 Å². The molecule has 0 heterocycles. The van der Waals surface area contributed by atoms with Gasteiger partial charge in [0.25, 0.3) is 0 Å². The predicted molar refractivity (Wildman–Crippen MR) is 130 cm³/mol. The molecule has 0 atom stereocenters. The van der Waals surface area contributed by atoms with Crippen LogP contribution < -0.4 is 4.90 Å². The molecular weight excluding hydrogens is 362 g/mol. The topological polar surface area (TPSA) is 3.24 Å². The number of benzene rings is 4. The summed E-state index contributed by atoms with van der Waals surface area (Å²) in [6.45, 7) is 4.25. The number of allylic oxidation sites excluding steroid dienone is 1. The van der Waals surface area contributed by atoms with Gasteiger partial charge >= 0.3 is 0 Å². The molecule has 0 aliphatic rings. The van der Waals surface area contributed by atoms with Gasteiger partial charge in [-0.15, -0.1) is 0 Å². The zero-order valence-corrected chi connectivity index (χ0v) is 17.6. The molecule has 4 aromatic carbocycles. The molecule has 4 aromatic rings. The van der Waals surface area contributed by atoms with Gasteiger partial charge in [0.15, 0.2) is 0 Å². The van der Waals surface area contributed by atoms with Gasteiger partial charge in [0.05, 0.1) is 0 Å². The van der Waals surface area contributed by atoms with Crippen LogP contribution in [0.25, 0.3) is 6.08 Å². The van der Waals surface area contributed by atoms with Crippen molar-refractivity contribution in [1.29, 1.82) is 0 Å². The Hall–Kier alpha value is -3.58. The zero-order chi connectivity index (χ0) is 20.8. The number of hydrogen-bond acceptors (Lipinski definition) is 1. The summed E-state index contributed by atoms with van der Waals surface area (Å²) in [5.41, 5.74) is 8.57. The fourth-order valence-electron chi connectivity index (χ4n) is 3.51. The Bertz CT molecular complexity index is 1040. The van der Waals surface area contributed by atoms with E-state index in [1.54, 1.807) is 0 Å². The minimum atomic E-state index is 0.921. The minimum absolute atomic E-state index is 0.921. The normalized spacial score (nSPS) is 11.0. The van der Waals surface area contributed by atoms with Gasteiger partial charge in [0, 0.05) is 17.1 Å². The van der Waals surface area contributed by atoms with Crippen molar-refractivity contribution in [1.82, 2.24) is 0 Å². The van der Waals surface area contributed by atoms with Crippen molar-refractivity contribution < 1.29 is 0 Å². The highest BCUT2D eigenvalue weighted by Gasteiger charge is 2.12. The molecule has 0 bridgehead atoms. The van der Waals surface area contributed by atoms with Crippen LogP contribution in [0.4, 0.5) is 17.1 Å². The SMILES string of the molecule is Cc1ccc(N(c2ccc(C)cc2)c2ccc(CC=Cc3ccccc3)cc2)cc1. The number of hydrogen-bond donors (Lipinski definition) is 0. The van der Waals surface area contributed by atoms with Gasteiger partial charge in [0.2, 0.25) is 0 Å². The summed E-state index contributed by atoms with van der Waals surface area (Å²) in [6, 6.07) is 36.7. The molecule has 0 N–H and O–H groups in total. The molecule has 0 aliphatic heterocycles. The van der Waals surface area contributed by atoms with Crippen LogP contribution in [0.2, 0.25) is 0 Å². The Morgan fingerprint density at radius 1 is 0.567 bits per heavy atom. The molecule has 0 spiro atoms. The summed E-state index contributed by atoms with van der Waals surface area (Å²) >= 11 is 0. The number of anilines is 3. The van der Waals surface area contributed by atoms with Crippen LogP contribution in [-0.2, 0) is 6.42 Å². The van der Waals surface area contributed by atoms with Crippen molar-refractivity contribution in [2.24, 2.45) is 0 Å². The summed E-state index contributed by atoms with van der Waals surface area (Å²) in [7, 11) is 0. The monoisotopic (exact) mass is 389 g/mol. The fraction of sp³-hybridized carbons (Fsp3) is 0.103. The first-order valence-electron chi connectivity index (χ1n) is 10.4. The van der Waals surface area contributed by atoms with E-state index in [0.717, 1.165) is 6.42 Å². The molecule has 1 nitrogen and oxygen atoms in total. The van der Waals surface area contributed by atoms with Crippen LogP contribution in [0.5, 0.6) is 0 Å². The fourth-order valence-corrected chi connectivity index (χ4v) is 3.51. The molecule has 1 heteroatoms. The first-order chi connectivity index (χ1) is 14.7. The second-order valence-corrected chi connectivity index (χ2v) is 7.69. The van der Waals surface area contributed by atoms with Gasteiger partial charge in [-0.25, -0.2) is 0 Å². The van der Waals surface area contributed by atoms with Gasteiger partial charge in [-0.2, -0.15) is 0 Å². The predicted octanol–water partition coefficient (Wildman–Crippen LogP) is 8.03. The van der Waals surface area contributed by atoms with Crippen LogP contribution in [0.3, 0.4) is 0 Å². The van der Waals surface area contributed by atoms with Crippen molar-refractivity contribution in [2.75, 3.05) is 4.90 Å². The number of aryl methyl sites for hydroxylation is 2. The largest absolute Gasteiger partial charge is 0.311 e. The molecule has 4 rings (SSSR count). The first kappa shape index (κ1) is 19.7. The molecule has 0 radical (unpaired) electrons. The average molecular weight is 390 g/mol. The third kappa shape index (κ3) is 4.87. The second kappa shape index (κ2) is 9.28. The summed E-state index contributed by atoms with van der Waals surface area (Å²) < 4.78 is 0. The summed E-state index contributed by atoms with van der Waals surface area (Å²) in [5.74, 6) is 0. The van der Waals surface area contributed by atoms with Gasteiger partial charge < -0.3 is 4.90 Å². The Morgan fingerprint density at radius 2 is 1.03 bits per heavy atom. The van der Waals surface area contributed by atoms with E-state index in [2.05, 4.69) is 128 Å². The maximum Gasteiger partial charge on any atom is 0.0461 e. The molecule has 0 unspecified atom stereocenters. The lowest BCUT2D eigenvalue weighted by Gasteiger charge is -2.26. The van der Waals surface area contributed by atoms with E-state index >= 15 is 0 Å². The van der Waals surface area contributed by atoms with E-state index in [1.807, 2.05) is 6.07 Å². The average Bonchev–Trinajstić information content (AvgIpc) is 2.78. The maximum absolute atomic E-state index is 2.31. The molecule has 0 aliphatic carbocycles. The summed E-state index contributed by atoms with van der Waals surface area (Å²) in [5, 5.41) is 0. The Kier molecular flexibility index (Phi) is 6.10. The zero-order valence-electron chi connectivity index (χ0n) is 17.6. The van der Waals surface area contributed by atoms with Crippen molar-refractivity contribution in [2.45, 2.75) is 20.3 Å². The standard InChI is InChI=1S/C29H27N/c1-23-11-17-27(18-12-23)30(28-19-13-24(2)14-20-28)29-21-15-26(16-22-29)10-6-9-25-7-4-3-5-8-25/h3-9,11-22H,10H2,1-2H3. The number of rotatable bonds is 6. The van der Waals surface area contributed by atoms with Crippen LogP contribution in [0.1, 0.15) is 22.3 Å². The van der Waals surface area contributed by atoms with Crippen LogP contribution in [0.15, 0.2) is 109 Å². The van der Waals surface area contributed by atoms with Crippen LogP contribution in [-0.4, -0.2) is 0 Å². The highest BCUT2D eigenvalue weighted by molar-refractivity contribution is 5.76. The van der Waals surface area contributed by atoms with Crippen molar-refractivity contribution >= 4 is 23.1 Å². The van der Waals surface area contributed by atoms with E-state index in [0.29, 0.717) is 0 Å². The highest BCUT2D eigenvalue weighted by Crippen LogP contribution is 2.34. The quantitative estimate of drug-likeness (QED) is 0.322. The molecule has 148 valence electrons. The maximum atomic E-state index is 2.31.